The number of hydrogen-bond acceptors (Lipinski definition) is 4. The highest BCUT2D eigenvalue weighted by molar-refractivity contribution is 5.89. The van der Waals surface area contributed by atoms with Crippen molar-refractivity contribution < 1.29 is 9.53 Å². The summed E-state index contributed by atoms with van der Waals surface area (Å²) in [6.07, 6.45) is 7.23. The van der Waals surface area contributed by atoms with Crippen LogP contribution in [0.1, 0.15) is 53.1 Å². The molecule has 0 spiro atoms. The first kappa shape index (κ1) is 17.6. The van der Waals surface area contributed by atoms with E-state index in [1.165, 1.54) is 11.1 Å². The number of carbonyl (C=O) groups excluding carboxylic acids is 1. The number of ether oxygens (including phenoxy) is 1. The summed E-state index contributed by atoms with van der Waals surface area (Å²) in [5.74, 6) is 0.311. The Labute approximate surface area is 149 Å². The van der Waals surface area contributed by atoms with Gasteiger partial charge in [0.25, 0.3) is 0 Å². The van der Waals surface area contributed by atoms with Gasteiger partial charge in [-0.1, -0.05) is 24.3 Å². The van der Waals surface area contributed by atoms with Gasteiger partial charge in [0.15, 0.2) is 0 Å². The molecule has 1 aliphatic rings. The second-order valence-corrected chi connectivity index (χ2v) is 7.10. The molecule has 25 heavy (non-hydrogen) atoms. The fraction of sp³-hybridized carbons (Fsp3) is 0.429. The van der Waals surface area contributed by atoms with Crippen molar-refractivity contribution in [1.29, 1.82) is 0 Å². The summed E-state index contributed by atoms with van der Waals surface area (Å²) in [4.78, 5) is 18.3. The largest absolute Gasteiger partial charge is 0.459 e. The van der Waals surface area contributed by atoms with Gasteiger partial charge in [-0.2, -0.15) is 0 Å². The van der Waals surface area contributed by atoms with Gasteiger partial charge in [0.1, 0.15) is 6.10 Å². The summed E-state index contributed by atoms with van der Waals surface area (Å²) in [7, 11) is 4.17. The summed E-state index contributed by atoms with van der Waals surface area (Å²) >= 11 is 0. The Hall–Kier alpha value is -2.20. The van der Waals surface area contributed by atoms with Crippen LogP contribution in [0.2, 0.25) is 0 Å². The topological polar surface area (TPSA) is 42.4 Å². The maximum absolute atomic E-state index is 12.1. The lowest BCUT2D eigenvalue weighted by Crippen LogP contribution is -2.24. The number of rotatable bonds is 5. The molecule has 1 aromatic carbocycles. The van der Waals surface area contributed by atoms with Crippen LogP contribution in [-0.4, -0.2) is 36.1 Å². The van der Waals surface area contributed by atoms with Gasteiger partial charge >= 0.3 is 5.97 Å². The molecule has 4 heteroatoms. The highest BCUT2D eigenvalue weighted by atomic mass is 16.5. The second kappa shape index (κ2) is 8.26. The van der Waals surface area contributed by atoms with E-state index in [0.29, 0.717) is 11.5 Å². The summed E-state index contributed by atoms with van der Waals surface area (Å²) in [5, 5.41) is 0. The monoisotopic (exact) mass is 338 g/mol. The average Bonchev–Trinajstić information content (AvgIpc) is 2.63. The van der Waals surface area contributed by atoms with E-state index in [9.17, 15) is 4.79 Å². The zero-order chi connectivity index (χ0) is 17.6. The highest BCUT2D eigenvalue weighted by Gasteiger charge is 2.25. The first-order valence-electron chi connectivity index (χ1n) is 8.96. The fourth-order valence-electron chi connectivity index (χ4n) is 3.48. The van der Waals surface area contributed by atoms with Gasteiger partial charge in [0.2, 0.25) is 0 Å². The van der Waals surface area contributed by atoms with Gasteiger partial charge in [-0.05, 0) is 69.0 Å². The molecule has 1 fully saturated rings. The molecule has 1 aromatic heterocycles. The molecule has 4 nitrogen and oxygen atoms in total. The SMILES string of the molecule is CN(C)Cc1ccc([C@H]2CC[C@H](OC(=O)c3cccnc3)CC2)cc1. The molecule has 1 saturated carbocycles. The normalized spacial score (nSPS) is 20.4. The Kier molecular flexibility index (Phi) is 5.82. The van der Waals surface area contributed by atoms with Crippen LogP contribution < -0.4 is 0 Å². The molecule has 0 atom stereocenters. The summed E-state index contributed by atoms with van der Waals surface area (Å²) in [6, 6.07) is 12.5. The van der Waals surface area contributed by atoms with E-state index in [-0.39, 0.29) is 12.1 Å². The minimum absolute atomic E-state index is 0.0250. The molecule has 0 amide bonds. The van der Waals surface area contributed by atoms with Crippen LogP contribution in [-0.2, 0) is 11.3 Å². The van der Waals surface area contributed by atoms with Crippen molar-refractivity contribution in [2.24, 2.45) is 0 Å². The Morgan fingerprint density at radius 2 is 1.84 bits per heavy atom. The lowest BCUT2D eigenvalue weighted by molar-refractivity contribution is 0.0195. The molecule has 0 N–H and O–H groups in total. The lowest BCUT2D eigenvalue weighted by atomic mass is 9.82. The maximum Gasteiger partial charge on any atom is 0.339 e. The van der Waals surface area contributed by atoms with Gasteiger partial charge in [-0.25, -0.2) is 4.79 Å². The summed E-state index contributed by atoms with van der Waals surface area (Å²) in [5.41, 5.74) is 3.27. The van der Waals surface area contributed by atoms with Crippen molar-refractivity contribution in [2.45, 2.75) is 44.2 Å². The van der Waals surface area contributed by atoms with Crippen molar-refractivity contribution >= 4 is 5.97 Å². The Balaban J connectivity index is 1.51. The van der Waals surface area contributed by atoms with E-state index in [4.69, 9.17) is 4.74 Å². The maximum atomic E-state index is 12.1. The van der Waals surface area contributed by atoms with E-state index < -0.39 is 0 Å². The molecule has 1 aliphatic carbocycles. The smallest absolute Gasteiger partial charge is 0.339 e. The third-order valence-electron chi connectivity index (χ3n) is 4.80. The number of esters is 1. The molecular weight excluding hydrogens is 312 g/mol. The standard InChI is InChI=1S/C21H26N2O2/c1-23(2)15-16-5-7-17(8-6-16)18-9-11-20(12-10-18)25-21(24)19-4-3-13-22-14-19/h3-8,13-14,18,20H,9-12,15H2,1-2H3/t18-,20-. The van der Waals surface area contributed by atoms with Gasteiger partial charge in [-0.3, -0.25) is 4.98 Å². The molecule has 3 rings (SSSR count). The molecule has 0 saturated heterocycles. The molecule has 2 aromatic rings. The zero-order valence-corrected chi connectivity index (χ0v) is 15.0. The van der Waals surface area contributed by atoms with E-state index in [0.717, 1.165) is 32.2 Å². The predicted molar refractivity (Wildman–Crippen MR) is 98.5 cm³/mol. The van der Waals surface area contributed by atoms with Crippen molar-refractivity contribution in [3.63, 3.8) is 0 Å². The van der Waals surface area contributed by atoms with Gasteiger partial charge in [0, 0.05) is 18.9 Å². The number of carbonyl (C=O) groups is 1. The quantitative estimate of drug-likeness (QED) is 0.772. The van der Waals surface area contributed by atoms with Crippen LogP contribution in [0.3, 0.4) is 0 Å². The molecule has 1 heterocycles. The second-order valence-electron chi connectivity index (χ2n) is 7.10. The molecule has 0 aliphatic heterocycles. The first-order chi connectivity index (χ1) is 12.1. The van der Waals surface area contributed by atoms with Crippen LogP contribution >= 0.6 is 0 Å². The van der Waals surface area contributed by atoms with Crippen LogP contribution in [0.4, 0.5) is 0 Å². The van der Waals surface area contributed by atoms with Crippen molar-refractivity contribution in [3.05, 3.63) is 65.5 Å². The molecular formula is C21H26N2O2. The van der Waals surface area contributed by atoms with Crippen molar-refractivity contribution in [1.82, 2.24) is 9.88 Å². The van der Waals surface area contributed by atoms with E-state index in [2.05, 4.69) is 48.2 Å². The average molecular weight is 338 g/mol. The lowest BCUT2D eigenvalue weighted by Gasteiger charge is -2.28. The van der Waals surface area contributed by atoms with Crippen LogP contribution in [0, 0.1) is 0 Å². The van der Waals surface area contributed by atoms with Crippen molar-refractivity contribution in [2.75, 3.05) is 14.1 Å². The van der Waals surface area contributed by atoms with Crippen LogP contribution in [0.15, 0.2) is 48.8 Å². The zero-order valence-electron chi connectivity index (χ0n) is 15.0. The molecule has 132 valence electrons. The number of hydrogen-bond donors (Lipinski definition) is 0. The number of aromatic nitrogens is 1. The van der Waals surface area contributed by atoms with Crippen LogP contribution in [0.25, 0.3) is 0 Å². The van der Waals surface area contributed by atoms with E-state index in [1.807, 2.05) is 0 Å². The predicted octanol–water partition coefficient (Wildman–Crippen LogP) is 4.03. The molecule has 0 radical (unpaired) electrons. The number of benzene rings is 1. The number of nitrogens with zero attached hydrogens (tertiary/aromatic N) is 2. The minimum Gasteiger partial charge on any atom is -0.459 e. The van der Waals surface area contributed by atoms with E-state index >= 15 is 0 Å². The first-order valence-corrected chi connectivity index (χ1v) is 8.96. The number of pyridine rings is 1. The Bertz CT molecular complexity index is 675. The third kappa shape index (κ3) is 4.89. The van der Waals surface area contributed by atoms with E-state index in [1.54, 1.807) is 24.5 Å². The van der Waals surface area contributed by atoms with Gasteiger partial charge in [-0.15, -0.1) is 0 Å². The fourth-order valence-corrected chi connectivity index (χ4v) is 3.48. The third-order valence-corrected chi connectivity index (χ3v) is 4.80. The molecule has 0 unspecified atom stereocenters. The highest BCUT2D eigenvalue weighted by Crippen LogP contribution is 2.34. The summed E-state index contributed by atoms with van der Waals surface area (Å²) in [6.45, 7) is 0.970. The Morgan fingerprint density at radius 3 is 2.44 bits per heavy atom. The van der Waals surface area contributed by atoms with Crippen LogP contribution in [0.5, 0.6) is 0 Å². The van der Waals surface area contributed by atoms with Gasteiger partial charge < -0.3 is 9.64 Å². The van der Waals surface area contributed by atoms with Crippen molar-refractivity contribution in [3.8, 4) is 0 Å². The Morgan fingerprint density at radius 1 is 1.12 bits per heavy atom. The molecule has 0 bridgehead atoms. The summed E-state index contributed by atoms with van der Waals surface area (Å²) < 4.78 is 5.64. The van der Waals surface area contributed by atoms with Gasteiger partial charge in [0.05, 0.1) is 5.56 Å². The minimum atomic E-state index is -0.260.